The van der Waals surface area contributed by atoms with Gasteiger partial charge in [0.2, 0.25) is 5.88 Å². The third kappa shape index (κ3) is 2.20. The molecule has 2 N–H and O–H groups in total. The first-order chi connectivity index (χ1) is 8.61. The molecular weight excluding hydrogens is 234 g/mol. The fourth-order valence-electron chi connectivity index (χ4n) is 1.29. The molecule has 18 heavy (non-hydrogen) atoms. The number of nitrogen functional groups attached to an aromatic ring is 1. The number of hydrogen-bond donors (Lipinski definition) is 1. The molecule has 8 heteroatoms. The van der Waals surface area contributed by atoms with Gasteiger partial charge in [-0.15, -0.1) is 5.10 Å². The quantitative estimate of drug-likeness (QED) is 0.826. The van der Waals surface area contributed by atoms with E-state index in [1.54, 1.807) is 0 Å². The smallest absolute Gasteiger partial charge is 0.252 e. The molecule has 0 spiro atoms. The van der Waals surface area contributed by atoms with Crippen molar-refractivity contribution in [2.45, 2.75) is 20.0 Å². The zero-order chi connectivity index (χ0) is 13.1. The third-order valence-electron chi connectivity index (χ3n) is 1.98. The Kier molecular flexibility index (Phi) is 3.05. The normalized spacial score (nSPS) is 10.3. The van der Waals surface area contributed by atoms with E-state index in [0.29, 0.717) is 5.82 Å². The van der Waals surface area contributed by atoms with Crippen molar-refractivity contribution in [1.82, 2.24) is 24.7 Å². The highest BCUT2D eigenvalue weighted by Gasteiger charge is 2.13. The van der Waals surface area contributed by atoms with E-state index >= 15 is 0 Å². The number of rotatable bonds is 3. The van der Waals surface area contributed by atoms with E-state index in [2.05, 4.69) is 20.1 Å². The lowest BCUT2D eigenvalue weighted by molar-refractivity contribution is 0.233. The summed E-state index contributed by atoms with van der Waals surface area (Å²) >= 11 is 0. The van der Waals surface area contributed by atoms with Crippen molar-refractivity contribution in [1.29, 1.82) is 5.26 Å². The Hall–Kier alpha value is -2.69. The highest BCUT2D eigenvalue weighted by molar-refractivity contribution is 5.59. The first-order valence-electron chi connectivity index (χ1n) is 5.21. The first-order valence-corrected chi connectivity index (χ1v) is 5.21. The fourth-order valence-corrected chi connectivity index (χ4v) is 1.29. The SMILES string of the molecule is CC(C)Oc1ncnc(-n2cnc(C#N)n2)c1N. The summed E-state index contributed by atoms with van der Waals surface area (Å²) in [5.41, 5.74) is 6.14. The monoisotopic (exact) mass is 245 g/mol. The molecule has 0 unspecified atom stereocenters. The van der Waals surface area contributed by atoms with Crippen LogP contribution < -0.4 is 10.5 Å². The molecular formula is C10H11N7O. The van der Waals surface area contributed by atoms with Gasteiger partial charge in [0.25, 0.3) is 5.82 Å². The summed E-state index contributed by atoms with van der Waals surface area (Å²) in [6.45, 7) is 3.73. The second kappa shape index (κ2) is 4.67. The summed E-state index contributed by atoms with van der Waals surface area (Å²) in [7, 11) is 0. The highest BCUT2D eigenvalue weighted by atomic mass is 16.5. The van der Waals surface area contributed by atoms with Gasteiger partial charge in [-0.1, -0.05) is 0 Å². The fraction of sp³-hybridized carbons (Fsp3) is 0.300. The van der Waals surface area contributed by atoms with Crippen molar-refractivity contribution in [2.75, 3.05) is 5.73 Å². The second-order valence-corrected chi connectivity index (χ2v) is 3.71. The van der Waals surface area contributed by atoms with E-state index in [-0.39, 0.29) is 23.5 Å². The highest BCUT2D eigenvalue weighted by Crippen LogP contribution is 2.23. The van der Waals surface area contributed by atoms with Gasteiger partial charge in [0.1, 0.15) is 24.4 Å². The van der Waals surface area contributed by atoms with Crippen LogP contribution in [0.15, 0.2) is 12.7 Å². The van der Waals surface area contributed by atoms with Crippen LogP contribution in [-0.4, -0.2) is 30.8 Å². The molecule has 0 aliphatic rings. The van der Waals surface area contributed by atoms with Gasteiger partial charge in [-0.3, -0.25) is 0 Å². The number of nitriles is 1. The standard InChI is InChI=1S/C10H11N7O/c1-6(2)18-10-8(12)9(13-4-14-10)17-5-15-7(3-11)16-17/h4-6H,12H2,1-2H3. The van der Waals surface area contributed by atoms with Crippen LogP contribution in [-0.2, 0) is 0 Å². The van der Waals surface area contributed by atoms with Crippen LogP contribution in [0.2, 0.25) is 0 Å². The molecule has 0 aliphatic heterocycles. The largest absolute Gasteiger partial charge is 0.473 e. The molecule has 2 aromatic rings. The maximum atomic E-state index is 8.66. The summed E-state index contributed by atoms with van der Waals surface area (Å²) in [6.07, 6.45) is 2.62. The minimum Gasteiger partial charge on any atom is -0.473 e. The van der Waals surface area contributed by atoms with Gasteiger partial charge in [-0.05, 0) is 13.8 Å². The van der Waals surface area contributed by atoms with Crippen molar-refractivity contribution in [3.8, 4) is 17.8 Å². The molecule has 0 aliphatic carbocycles. The number of nitrogens with two attached hydrogens (primary N) is 1. The molecule has 92 valence electrons. The van der Waals surface area contributed by atoms with Crippen molar-refractivity contribution in [3.05, 3.63) is 18.5 Å². The lowest BCUT2D eigenvalue weighted by Gasteiger charge is -2.12. The van der Waals surface area contributed by atoms with Gasteiger partial charge in [0.15, 0.2) is 5.82 Å². The van der Waals surface area contributed by atoms with Gasteiger partial charge < -0.3 is 10.5 Å². The maximum absolute atomic E-state index is 8.66. The average molecular weight is 245 g/mol. The van der Waals surface area contributed by atoms with Crippen molar-refractivity contribution in [3.63, 3.8) is 0 Å². The minimum atomic E-state index is -0.0551. The van der Waals surface area contributed by atoms with Crippen LogP contribution in [0.3, 0.4) is 0 Å². The molecule has 0 aromatic carbocycles. The number of anilines is 1. The summed E-state index contributed by atoms with van der Waals surface area (Å²) in [5, 5.41) is 12.6. The third-order valence-corrected chi connectivity index (χ3v) is 1.98. The van der Waals surface area contributed by atoms with E-state index in [1.807, 2.05) is 19.9 Å². The molecule has 0 radical (unpaired) electrons. The predicted molar refractivity (Wildman–Crippen MR) is 61.8 cm³/mol. The van der Waals surface area contributed by atoms with Crippen LogP contribution in [0.4, 0.5) is 5.69 Å². The zero-order valence-corrected chi connectivity index (χ0v) is 9.90. The van der Waals surface area contributed by atoms with Crippen molar-refractivity contribution >= 4 is 5.69 Å². The molecule has 8 nitrogen and oxygen atoms in total. The van der Waals surface area contributed by atoms with Crippen molar-refractivity contribution < 1.29 is 4.74 Å². The van der Waals surface area contributed by atoms with Crippen molar-refractivity contribution in [2.24, 2.45) is 0 Å². The van der Waals surface area contributed by atoms with Crippen LogP contribution in [0.1, 0.15) is 19.7 Å². The molecule has 2 rings (SSSR count). The number of aromatic nitrogens is 5. The lowest BCUT2D eigenvalue weighted by Crippen LogP contribution is -2.12. The minimum absolute atomic E-state index is 0.0411. The molecule has 0 amide bonds. The van der Waals surface area contributed by atoms with Crippen LogP contribution in [0, 0.1) is 11.3 Å². The van der Waals surface area contributed by atoms with Gasteiger partial charge in [-0.25, -0.2) is 9.97 Å². The molecule has 2 aromatic heterocycles. The Labute approximate surface area is 103 Å². The molecule has 0 saturated heterocycles. The number of nitrogens with zero attached hydrogens (tertiary/aromatic N) is 6. The topological polar surface area (TPSA) is 116 Å². The Balaban J connectivity index is 2.42. The summed E-state index contributed by atoms with van der Waals surface area (Å²) in [5.74, 6) is 0.651. The Bertz CT molecular complexity index is 599. The molecule has 0 atom stereocenters. The van der Waals surface area contributed by atoms with Crippen LogP contribution >= 0.6 is 0 Å². The summed E-state index contributed by atoms with van der Waals surface area (Å²) in [6, 6.07) is 1.82. The first kappa shape index (κ1) is 11.8. The van der Waals surface area contributed by atoms with E-state index in [4.69, 9.17) is 15.7 Å². The average Bonchev–Trinajstić information content (AvgIpc) is 2.80. The molecule has 0 bridgehead atoms. The van der Waals surface area contributed by atoms with E-state index in [9.17, 15) is 0 Å². The van der Waals surface area contributed by atoms with Gasteiger partial charge >= 0.3 is 0 Å². The summed E-state index contributed by atoms with van der Waals surface area (Å²) < 4.78 is 6.75. The predicted octanol–water partition coefficient (Wildman–Crippen LogP) is 0.298. The lowest BCUT2D eigenvalue weighted by atomic mass is 10.4. The molecule has 0 saturated carbocycles. The Morgan fingerprint density at radius 1 is 1.39 bits per heavy atom. The molecule has 0 fully saturated rings. The van der Waals surface area contributed by atoms with Gasteiger partial charge in [-0.2, -0.15) is 14.9 Å². The van der Waals surface area contributed by atoms with Gasteiger partial charge in [0.05, 0.1) is 6.10 Å². The van der Waals surface area contributed by atoms with Crippen LogP contribution in [0.5, 0.6) is 5.88 Å². The maximum Gasteiger partial charge on any atom is 0.252 e. The number of ether oxygens (including phenoxy) is 1. The number of hydrogen-bond acceptors (Lipinski definition) is 7. The van der Waals surface area contributed by atoms with Crippen LogP contribution in [0.25, 0.3) is 5.82 Å². The zero-order valence-electron chi connectivity index (χ0n) is 9.90. The van der Waals surface area contributed by atoms with E-state index in [0.717, 1.165) is 0 Å². The van der Waals surface area contributed by atoms with E-state index in [1.165, 1.54) is 17.3 Å². The molecule has 2 heterocycles. The Morgan fingerprint density at radius 3 is 2.78 bits per heavy atom. The summed E-state index contributed by atoms with van der Waals surface area (Å²) in [4.78, 5) is 11.7. The van der Waals surface area contributed by atoms with Gasteiger partial charge in [0, 0.05) is 0 Å². The van der Waals surface area contributed by atoms with E-state index < -0.39 is 0 Å². The second-order valence-electron chi connectivity index (χ2n) is 3.71. The Morgan fingerprint density at radius 2 is 2.17 bits per heavy atom.